The van der Waals surface area contributed by atoms with Gasteiger partial charge in [0.25, 0.3) is 0 Å². The first-order chi connectivity index (χ1) is 8.97. The van der Waals surface area contributed by atoms with Gasteiger partial charge in [-0.05, 0) is 18.6 Å². The average molecular weight is 321 g/mol. The number of anilines is 1. The number of amides is 2. The van der Waals surface area contributed by atoms with Gasteiger partial charge in [-0.2, -0.15) is 4.99 Å². The summed E-state index contributed by atoms with van der Waals surface area (Å²) in [6.07, 6.45) is 1.80. The van der Waals surface area contributed by atoms with Gasteiger partial charge in [0, 0.05) is 25.0 Å². The minimum Gasteiger partial charge on any atom is -0.363 e. The number of carbonyl (C=O) groups excluding carboxylic acids is 1. The van der Waals surface area contributed by atoms with Crippen molar-refractivity contribution in [2.45, 2.75) is 12.8 Å². The molecule has 0 aliphatic carbocycles. The molecule has 4 nitrogen and oxygen atoms in total. The van der Waals surface area contributed by atoms with Crippen LogP contribution in [-0.4, -0.2) is 30.4 Å². The summed E-state index contributed by atoms with van der Waals surface area (Å²) < 4.78 is 0. The molecular weight excluding hydrogens is 309 g/mol. The smallest absolute Gasteiger partial charge is 0.347 e. The number of halogens is 3. The first kappa shape index (κ1) is 14.4. The molecule has 1 aromatic rings. The van der Waals surface area contributed by atoms with Crippen molar-refractivity contribution in [3.05, 3.63) is 27.2 Å². The maximum absolute atomic E-state index is 11.8. The molecule has 0 spiro atoms. The number of carbonyl (C=O) groups is 1. The van der Waals surface area contributed by atoms with E-state index in [2.05, 4.69) is 10.3 Å². The fourth-order valence-corrected chi connectivity index (χ4v) is 2.76. The largest absolute Gasteiger partial charge is 0.363 e. The molecule has 7 heteroatoms. The zero-order valence-electron chi connectivity index (χ0n) is 10.2. The predicted octanol–water partition coefficient (Wildman–Crippen LogP) is 4.30. The Balaban J connectivity index is 2.16. The number of likely N-dealkylation sites (tertiary alicyclic amines) is 1. The van der Waals surface area contributed by atoms with E-state index in [1.165, 1.54) is 12.1 Å². The molecule has 1 aromatic carbocycles. The lowest BCUT2D eigenvalue weighted by Crippen LogP contribution is -2.21. The second-order valence-electron chi connectivity index (χ2n) is 4.23. The van der Waals surface area contributed by atoms with E-state index < -0.39 is 6.03 Å². The maximum Gasteiger partial charge on any atom is 0.347 e. The van der Waals surface area contributed by atoms with Crippen molar-refractivity contribution in [1.82, 2.24) is 4.90 Å². The molecule has 0 radical (unpaired) electrons. The second-order valence-corrected chi connectivity index (χ2v) is 5.48. The van der Waals surface area contributed by atoms with Crippen molar-refractivity contribution in [2.24, 2.45) is 4.99 Å². The Bertz CT molecular complexity index is 522. The van der Waals surface area contributed by atoms with E-state index in [-0.39, 0.29) is 10.0 Å². The van der Waals surface area contributed by atoms with Crippen LogP contribution in [0.2, 0.25) is 15.1 Å². The predicted molar refractivity (Wildman–Crippen MR) is 79.8 cm³/mol. The molecule has 1 heterocycles. The summed E-state index contributed by atoms with van der Waals surface area (Å²) >= 11 is 17.8. The molecule has 1 aliphatic rings. The Morgan fingerprint density at radius 2 is 1.95 bits per heavy atom. The standard InChI is InChI=1S/C12H12Cl3N3O/c1-18-4-2-3-10(18)16-12(19)17-11-8(14)5-7(13)6-9(11)15/h5-6H,2-4H2,1H3,(H,17,19). The van der Waals surface area contributed by atoms with Gasteiger partial charge in [0.15, 0.2) is 0 Å². The summed E-state index contributed by atoms with van der Waals surface area (Å²) in [5.41, 5.74) is 0.322. The second kappa shape index (κ2) is 5.99. The van der Waals surface area contributed by atoms with Gasteiger partial charge in [-0.1, -0.05) is 34.8 Å². The Morgan fingerprint density at radius 1 is 1.32 bits per heavy atom. The van der Waals surface area contributed by atoms with Gasteiger partial charge in [0.2, 0.25) is 0 Å². The van der Waals surface area contributed by atoms with Crippen LogP contribution in [0.4, 0.5) is 10.5 Å². The molecule has 1 fully saturated rings. The molecule has 0 aromatic heterocycles. The molecule has 19 heavy (non-hydrogen) atoms. The third-order valence-corrected chi connectivity index (χ3v) is 3.62. The number of amidine groups is 1. The normalized spacial score (nSPS) is 17.1. The maximum atomic E-state index is 11.8. The molecule has 0 atom stereocenters. The van der Waals surface area contributed by atoms with Gasteiger partial charge in [0.05, 0.1) is 15.7 Å². The summed E-state index contributed by atoms with van der Waals surface area (Å²) in [5, 5.41) is 3.56. The zero-order chi connectivity index (χ0) is 14.0. The average Bonchev–Trinajstić information content (AvgIpc) is 2.69. The van der Waals surface area contributed by atoms with Crippen molar-refractivity contribution in [3.8, 4) is 0 Å². The topological polar surface area (TPSA) is 44.7 Å². The molecule has 2 amide bonds. The molecule has 0 unspecified atom stereocenters. The van der Waals surface area contributed by atoms with E-state index >= 15 is 0 Å². The van der Waals surface area contributed by atoms with Gasteiger partial charge in [-0.25, -0.2) is 4.79 Å². The highest BCUT2D eigenvalue weighted by atomic mass is 35.5. The summed E-state index contributed by atoms with van der Waals surface area (Å²) in [6.45, 7) is 0.911. The fraction of sp³-hybridized carbons (Fsp3) is 0.333. The Kier molecular flexibility index (Phi) is 4.55. The molecule has 0 bridgehead atoms. The Morgan fingerprint density at radius 3 is 2.47 bits per heavy atom. The third-order valence-electron chi connectivity index (χ3n) is 2.80. The van der Waals surface area contributed by atoms with Crippen molar-refractivity contribution in [1.29, 1.82) is 0 Å². The van der Waals surface area contributed by atoms with Crippen molar-refractivity contribution in [3.63, 3.8) is 0 Å². The number of aliphatic imine (C=N–C) groups is 1. The molecule has 0 saturated carbocycles. The molecule has 102 valence electrons. The minimum absolute atomic E-state index is 0.283. The first-order valence-corrected chi connectivity index (χ1v) is 6.85. The summed E-state index contributed by atoms with van der Waals surface area (Å²) in [4.78, 5) is 17.8. The number of nitrogens with one attached hydrogen (secondary N) is 1. The van der Waals surface area contributed by atoms with Crippen LogP contribution >= 0.6 is 34.8 Å². The highest BCUT2D eigenvalue weighted by Gasteiger charge is 2.17. The number of benzene rings is 1. The molecular formula is C12H12Cl3N3O. The van der Waals surface area contributed by atoms with E-state index in [0.717, 1.165) is 25.2 Å². The Hall–Kier alpha value is -0.970. The lowest BCUT2D eigenvalue weighted by molar-refractivity contribution is 0.259. The van der Waals surface area contributed by atoms with Crippen LogP contribution in [0.1, 0.15) is 12.8 Å². The number of urea groups is 1. The molecule has 1 N–H and O–H groups in total. The van der Waals surface area contributed by atoms with E-state index in [4.69, 9.17) is 34.8 Å². The number of hydrogen-bond acceptors (Lipinski definition) is 1. The SMILES string of the molecule is CN1CCCC1=NC(=O)Nc1c(Cl)cc(Cl)cc1Cl. The lowest BCUT2D eigenvalue weighted by Gasteiger charge is -2.11. The van der Waals surface area contributed by atoms with Crippen LogP contribution < -0.4 is 5.32 Å². The molecule has 1 saturated heterocycles. The number of rotatable bonds is 1. The van der Waals surface area contributed by atoms with Crippen LogP contribution in [-0.2, 0) is 0 Å². The third kappa shape index (κ3) is 3.53. The van der Waals surface area contributed by atoms with Gasteiger partial charge in [-0.15, -0.1) is 0 Å². The number of nitrogens with zero attached hydrogens (tertiary/aromatic N) is 2. The zero-order valence-corrected chi connectivity index (χ0v) is 12.5. The van der Waals surface area contributed by atoms with Crippen LogP contribution in [0.25, 0.3) is 0 Å². The van der Waals surface area contributed by atoms with Crippen molar-refractivity contribution < 1.29 is 4.79 Å². The molecule has 2 rings (SSSR count). The van der Waals surface area contributed by atoms with E-state index in [1.54, 1.807) is 0 Å². The quantitative estimate of drug-likeness (QED) is 0.838. The van der Waals surface area contributed by atoms with E-state index in [0.29, 0.717) is 10.7 Å². The number of hydrogen-bond donors (Lipinski definition) is 1. The van der Waals surface area contributed by atoms with E-state index in [1.807, 2.05) is 11.9 Å². The minimum atomic E-state index is -0.491. The first-order valence-electron chi connectivity index (χ1n) is 5.71. The monoisotopic (exact) mass is 319 g/mol. The fourth-order valence-electron chi connectivity index (χ4n) is 1.85. The van der Waals surface area contributed by atoms with Crippen LogP contribution in [0.3, 0.4) is 0 Å². The van der Waals surface area contributed by atoms with Crippen LogP contribution in [0, 0.1) is 0 Å². The van der Waals surface area contributed by atoms with Crippen molar-refractivity contribution in [2.75, 3.05) is 18.9 Å². The summed E-state index contributed by atoms with van der Waals surface area (Å²) in [6, 6.07) is 2.54. The van der Waals surface area contributed by atoms with Gasteiger partial charge >= 0.3 is 6.03 Å². The van der Waals surface area contributed by atoms with Crippen LogP contribution in [0.5, 0.6) is 0 Å². The van der Waals surface area contributed by atoms with E-state index in [9.17, 15) is 4.79 Å². The van der Waals surface area contributed by atoms with Crippen LogP contribution in [0.15, 0.2) is 17.1 Å². The van der Waals surface area contributed by atoms with Gasteiger partial charge in [-0.3, -0.25) is 0 Å². The lowest BCUT2D eigenvalue weighted by atomic mass is 10.3. The summed E-state index contributed by atoms with van der Waals surface area (Å²) in [5.74, 6) is 0.763. The highest BCUT2D eigenvalue weighted by molar-refractivity contribution is 6.42. The molecule has 1 aliphatic heterocycles. The highest BCUT2D eigenvalue weighted by Crippen LogP contribution is 2.33. The van der Waals surface area contributed by atoms with Gasteiger partial charge < -0.3 is 10.2 Å². The van der Waals surface area contributed by atoms with Crippen molar-refractivity contribution >= 4 is 52.4 Å². The Labute approximate surface area is 126 Å². The summed E-state index contributed by atoms with van der Waals surface area (Å²) in [7, 11) is 1.90. The van der Waals surface area contributed by atoms with Gasteiger partial charge in [0.1, 0.15) is 5.84 Å².